The van der Waals surface area contributed by atoms with Crippen molar-refractivity contribution in [1.29, 1.82) is 0 Å². The molecule has 0 radical (unpaired) electrons. The zero-order valence-corrected chi connectivity index (χ0v) is 28.1. The van der Waals surface area contributed by atoms with Gasteiger partial charge < -0.3 is 18.9 Å². The smallest absolute Gasteiger partial charge is 0.305 e. The zero-order valence-electron chi connectivity index (χ0n) is 28.1. The summed E-state index contributed by atoms with van der Waals surface area (Å²) in [5, 5.41) is 13.8. The van der Waals surface area contributed by atoms with Crippen molar-refractivity contribution in [2.75, 3.05) is 52.6 Å². The van der Waals surface area contributed by atoms with Gasteiger partial charge in [0.1, 0.15) is 0 Å². The maximum Gasteiger partial charge on any atom is 0.305 e. The molecule has 0 fully saturated rings. The Labute approximate surface area is 285 Å². The molecule has 272 valence electrons. The Bertz CT molecular complexity index is 996. The van der Waals surface area contributed by atoms with E-state index >= 15 is 0 Å². The first-order valence-corrected chi connectivity index (χ1v) is 16.5. The molecule has 0 atom stereocenters. The molecule has 0 aliphatic heterocycles. The average molecular weight is 693 g/mol. The molecular weight excluding hydrogens is 644 g/mol. The standard InChI is InChI=1S/C29H48N12O8/c30-38-34-17-5-1-9-25(42)46-21-13-29(14-22-47-26(43)10-2-6-18-35-39-31,15-23-48-27(44)11-3-7-19-36-40-32)16-24-49-28(45)12-4-8-20-37-41-33/h1-24H2. The lowest BCUT2D eigenvalue weighted by atomic mass is 9.76. The van der Waals surface area contributed by atoms with E-state index in [-0.39, 0.29) is 78.3 Å². The fourth-order valence-electron chi connectivity index (χ4n) is 4.55. The third kappa shape index (κ3) is 27.9. The maximum absolute atomic E-state index is 12.4. The third-order valence-electron chi connectivity index (χ3n) is 7.39. The maximum atomic E-state index is 12.4. The number of hydrogen-bond acceptors (Lipinski definition) is 12. The molecule has 0 saturated heterocycles. The monoisotopic (exact) mass is 692 g/mol. The lowest BCUT2D eigenvalue weighted by molar-refractivity contribution is -0.146. The summed E-state index contributed by atoms with van der Waals surface area (Å²) in [5.41, 5.74) is 32.8. The highest BCUT2D eigenvalue weighted by atomic mass is 16.5. The molecule has 0 bridgehead atoms. The molecule has 0 unspecified atom stereocenters. The average Bonchev–Trinajstić information content (AvgIpc) is 3.08. The van der Waals surface area contributed by atoms with Crippen molar-refractivity contribution in [3.8, 4) is 0 Å². The van der Waals surface area contributed by atoms with Gasteiger partial charge >= 0.3 is 23.9 Å². The lowest BCUT2D eigenvalue weighted by Gasteiger charge is -2.33. The van der Waals surface area contributed by atoms with Crippen molar-refractivity contribution in [3.63, 3.8) is 0 Å². The summed E-state index contributed by atoms with van der Waals surface area (Å²) >= 11 is 0. The van der Waals surface area contributed by atoms with Crippen molar-refractivity contribution in [2.24, 2.45) is 25.9 Å². The van der Waals surface area contributed by atoms with Gasteiger partial charge in [-0.15, -0.1) is 0 Å². The van der Waals surface area contributed by atoms with Crippen LogP contribution in [0.15, 0.2) is 20.5 Å². The largest absolute Gasteiger partial charge is 0.466 e. The molecule has 0 spiro atoms. The Morgan fingerprint density at radius 2 is 0.633 bits per heavy atom. The Morgan fingerprint density at radius 3 is 0.837 bits per heavy atom. The highest BCUT2D eigenvalue weighted by Crippen LogP contribution is 2.36. The van der Waals surface area contributed by atoms with E-state index in [1.54, 1.807) is 0 Å². The summed E-state index contributed by atoms with van der Waals surface area (Å²) in [7, 11) is 0. The van der Waals surface area contributed by atoms with E-state index in [0.29, 0.717) is 77.0 Å². The Kier molecular flexibility index (Phi) is 28.5. The predicted molar refractivity (Wildman–Crippen MR) is 176 cm³/mol. The Hall–Kier alpha value is -4.88. The van der Waals surface area contributed by atoms with Crippen LogP contribution in [0.5, 0.6) is 0 Å². The van der Waals surface area contributed by atoms with Crippen LogP contribution in [0.1, 0.15) is 103 Å². The lowest BCUT2D eigenvalue weighted by Crippen LogP contribution is -2.30. The summed E-state index contributed by atoms with van der Waals surface area (Å²) in [6.07, 6.45) is 5.84. The molecule has 0 saturated carbocycles. The SMILES string of the molecule is [N-]=[N+]=NCCCCC(=O)OCCC(CCOC(=O)CCCCN=[N+]=[N-])(CCOC(=O)CCCCN=[N+]=[N-])CCOC(=O)CCCCN=[N+]=[N-]. The van der Waals surface area contributed by atoms with Gasteiger partial charge in [0, 0.05) is 71.5 Å². The summed E-state index contributed by atoms with van der Waals surface area (Å²) < 4.78 is 21.9. The first-order chi connectivity index (χ1) is 23.8. The van der Waals surface area contributed by atoms with E-state index in [1.807, 2.05) is 0 Å². The molecule has 49 heavy (non-hydrogen) atoms. The minimum Gasteiger partial charge on any atom is -0.466 e. The summed E-state index contributed by atoms with van der Waals surface area (Å²) in [5.74, 6) is -1.72. The molecule has 0 amide bonds. The van der Waals surface area contributed by atoms with E-state index in [9.17, 15) is 19.2 Å². The topological polar surface area (TPSA) is 300 Å². The van der Waals surface area contributed by atoms with E-state index in [2.05, 4.69) is 40.1 Å². The van der Waals surface area contributed by atoms with Gasteiger partial charge in [-0.1, -0.05) is 20.5 Å². The van der Waals surface area contributed by atoms with E-state index in [1.165, 1.54) is 0 Å². The van der Waals surface area contributed by atoms with Gasteiger partial charge in [0.05, 0.1) is 26.4 Å². The summed E-state index contributed by atoms with van der Waals surface area (Å²) in [4.78, 5) is 60.1. The fourth-order valence-corrected chi connectivity index (χ4v) is 4.55. The molecule has 0 aromatic carbocycles. The van der Waals surface area contributed by atoms with Gasteiger partial charge in [0.25, 0.3) is 0 Å². The van der Waals surface area contributed by atoms with Gasteiger partial charge in [0.15, 0.2) is 0 Å². The minimum atomic E-state index is -0.715. The highest BCUT2D eigenvalue weighted by molar-refractivity contribution is 5.70. The number of unbranched alkanes of at least 4 members (excludes halogenated alkanes) is 4. The number of esters is 4. The van der Waals surface area contributed by atoms with Crippen LogP contribution in [0.4, 0.5) is 0 Å². The second kappa shape index (κ2) is 31.7. The first kappa shape index (κ1) is 44.1. The summed E-state index contributed by atoms with van der Waals surface area (Å²) in [6.45, 7) is 1.17. The van der Waals surface area contributed by atoms with Crippen LogP contribution in [-0.2, 0) is 38.1 Å². The first-order valence-electron chi connectivity index (χ1n) is 16.5. The van der Waals surface area contributed by atoms with Crippen LogP contribution in [0.3, 0.4) is 0 Å². The van der Waals surface area contributed by atoms with E-state index in [0.717, 1.165) is 0 Å². The second-order valence-corrected chi connectivity index (χ2v) is 11.0. The predicted octanol–water partition coefficient (Wildman–Crippen LogP) is 7.63. The van der Waals surface area contributed by atoms with Gasteiger partial charge in [-0.2, -0.15) is 0 Å². The molecule has 0 heterocycles. The second-order valence-electron chi connectivity index (χ2n) is 11.0. The minimum absolute atomic E-state index is 0.0171. The van der Waals surface area contributed by atoms with Crippen LogP contribution in [-0.4, -0.2) is 76.5 Å². The van der Waals surface area contributed by atoms with Crippen molar-refractivity contribution >= 4 is 23.9 Å². The van der Waals surface area contributed by atoms with E-state index in [4.69, 9.17) is 41.1 Å². The number of carbonyl (C=O) groups excluding carboxylic acids is 4. The molecule has 20 nitrogen and oxygen atoms in total. The van der Waals surface area contributed by atoms with E-state index < -0.39 is 29.3 Å². The fraction of sp³-hybridized carbons (Fsp3) is 0.862. The third-order valence-corrected chi connectivity index (χ3v) is 7.39. The zero-order chi connectivity index (χ0) is 36.3. The molecule has 0 N–H and O–H groups in total. The van der Waals surface area contributed by atoms with Gasteiger partial charge in [-0.05, 0) is 105 Å². The van der Waals surface area contributed by atoms with Crippen LogP contribution in [0.2, 0.25) is 0 Å². The Balaban J connectivity index is 5.49. The quantitative estimate of drug-likeness (QED) is 0.0168. The molecule has 0 aliphatic rings. The van der Waals surface area contributed by atoms with Gasteiger partial charge in [-0.3, -0.25) is 19.2 Å². The van der Waals surface area contributed by atoms with Crippen molar-refractivity contribution < 1.29 is 38.1 Å². The normalized spacial score (nSPS) is 11.3. The number of hydrogen-bond donors (Lipinski definition) is 0. The molecule has 0 aliphatic carbocycles. The van der Waals surface area contributed by atoms with Crippen molar-refractivity contribution in [2.45, 2.75) is 103 Å². The number of nitrogens with zero attached hydrogens (tertiary/aromatic N) is 12. The number of rotatable bonds is 32. The Morgan fingerprint density at radius 1 is 0.408 bits per heavy atom. The van der Waals surface area contributed by atoms with Crippen molar-refractivity contribution in [3.05, 3.63) is 41.8 Å². The molecule has 0 rings (SSSR count). The molecule has 20 heteroatoms. The molecule has 0 aromatic rings. The number of carbonyl (C=O) groups is 4. The van der Waals surface area contributed by atoms with Crippen LogP contribution in [0, 0.1) is 5.41 Å². The van der Waals surface area contributed by atoms with Crippen LogP contribution >= 0.6 is 0 Å². The molecule has 0 aromatic heterocycles. The van der Waals surface area contributed by atoms with Gasteiger partial charge in [0.2, 0.25) is 0 Å². The highest BCUT2D eigenvalue weighted by Gasteiger charge is 2.32. The number of ether oxygens (including phenoxy) is 4. The van der Waals surface area contributed by atoms with Gasteiger partial charge in [-0.25, -0.2) is 0 Å². The summed E-state index contributed by atoms with van der Waals surface area (Å²) in [6, 6.07) is 0. The number of azide groups is 4. The van der Waals surface area contributed by atoms with Crippen LogP contribution in [0.25, 0.3) is 41.8 Å². The molecular formula is C29H48N12O8. The van der Waals surface area contributed by atoms with Crippen molar-refractivity contribution in [1.82, 2.24) is 0 Å². The van der Waals surface area contributed by atoms with Crippen LogP contribution < -0.4 is 0 Å².